The predicted octanol–water partition coefficient (Wildman–Crippen LogP) is 1.84. The molecule has 0 amide bonds. The Morgan fingerprint density at radius 3 is 1.50 bits per heavy atom. The van der Waals surface area contributed by atoms with Crippen LogP contribution in [0.5, 0.6) is 0 Å². The van der Waals surface area contributed by atoms with Gasteiger partial charge in [-0.3, -0.25) is 4.79 Å². The Labute approximate surface area is 99.6 Å². The van der Waals surface area contributed by atoms with Crippen molar-refractivity contribution in [2.45, 2.75) is 41.5 Å². The van der Waals surface area contributed by atoms with Gasteiger partial charge in [0.25, 0.3) is 0 Å². The zero-order chi connectivity index (χ0) is 13.6. The molecule has 100 valence electrons. The molecule has 2 N–H and O–H groups in total. The lowest BCUT2D eigenvalue weighted by atomic mass is 10.2. The molecule has 0 aromatic carbocycles. The van der Waals surface area contributed by atoms with Crippen LogP contribution in [0, 0.1) is 11.8 Å². The number of rotatable bonds is 3. The minimum Gasteiger partial charge on any atom is -0.466 e. The molecule has 0 aliphatic carbocycles. The number of carbonyl (C=O) groups excluding carboxylic acids is 1. The fraction of sp³-hybridized carbons (Fsp3) is 0.917. The van der Waals surface area contributed by atoms with Gasteiger partial charge in [0, 0.05) is 20.1 Å². The molecule has 0 fully saturated rings. The molecular weight excluding hydrogens is 208 g/mol. The number of carbonyl (C=O) groups is 1. The molecule has 0 saturated heterocycles. The first-order valence-corrected chi connectivity index (χ1v) is 5.66. The average Bonchev–Trinajstić information content (AvgIpc) is 2.17. The fourth-order valence-electron chi connectivity index (χ4n) is 0.284. The number of hydrogen-bond donors (Lipinski definition) is 2. The van der Waals surface area contributed by atoms with Crippen molar-refractivity contribution in [3.63, 3.8) is 0 Å². The minimum absolute atomic E-state index is 0.196. The van der Waals surface area contributed by atoms with Crippen molar-refractivity contribution >= 4 is 5.97 Å². The van der Waals surface area contributed by atoms with Crippen molar-refractivity contribution in [2.24, 2.45) is 11.8 Å². The first kappa shape index (κ1) is 20.8. The van der Waals surface area contributed by atoms with Crippen LogP contribution in [0.1, 0.15) is 41.5 Å². The molecule has 0 atom stereocenters. The second-order valence-corrected chi connectivity index (χ2v) is 4.09. The van der Waals surface area contributed by atoms with Gasteiger partial charge in [-0.15, -0.1) is 0 Å². The third kappa shape index (κ3) is 50.3. The van der Waals surface area contributed by atoms with Crippen molar-refractivity contribution in [3.8, 4) is 0 Å². The quantitative estimate of drug-likeness (QED) is 0.734. The van der Waals surface area contributed by atoms with Gasteiger partial charge in [-0.1, -0.05) is 27.7 Å². The zero-order valence-electron chi connectivity index (χ0n) is 11.5. The largest absolute Gasteiger partial charge is 0.466 e. The number of hydrogen-bond acceptors (Lipinski definition) is 4. The van der Waals surface area contributed by atoms with E-state index in [1.54, 1.807) is 6.92 Å². The van der Waals surface area contributed by atoms with E-state index >= 15 is 0 Å². The normalized spacial score (nSPS) is 8.88. The summed E-state index contributed by atoms with van der Waals surface area (Å²) in [5.74, 6) is 0.688. The van der Waals surface area contributed by atoms with Crippen molar-refractivity contribution in [1.82, 2.24) is 0 Å². The topological polar surface area (TPSA) is 66.8 Å². The molecule has 0 aliphatic rings. The number of aliphatic hydroxyl groups is 2. The maximum absolute atomic E-state index is 10.1. The maximum Gasteiger partial charge on any atom is 0.302 e. The smallest absolute Gasteiger partial charge is 0.302 e. The number of ether oxygens (including phenoxy) is 1. The molecule has 0 spiro atoms. The monoisotopic (exact) mass is 236 g/mol. The second kappa shape index (κ2) is 16.8. The second-order valence-electron chi connectivity index (χ2n) is 4.09. The van der Waals surface area contributed by atoms with Gasteiger partial charge in [0.15, 0.2) is 0 Å². The van der Waals surface area contributed by atoms with Gasteiger partial charge in [-0.05, 0) is 18.8 Å². The standard InChI is InChI=1S/C6H12O2.C4H10O.C2H6O/c1-5(2)4-8-6(3)7;1-4(2)3-5;1-2-3/h5H,4H2,1-3H3;4-5H,3H2,1-2H3;3H,2H2,1H3. The van der Waals surface area contributed by atoms with Gasteiger partial charge in [0.1, 0.15) is 0 Å². The molecule has 0 aromatic heterocycles. The zero-order valence-corrected chi connectivity index (χ0v) is 11.5. The van der Waals surface area contributed by atoms with Gasteiger partial charge in [-0.2, -0.15) is 0 Å². The first-order chi connectivity index (χ1) is 7.31. The Balaban J connectivity index is -0.000000181. The van der Waals surface area contributed by atoms with Crippen LogP contribution in [0.15, 0.2) is 0 Å². The predicted molar refractivity (Wildman–Crippen MR) is 66.2 cm³/mol. The Morgan fingerprint density at radius 1 is 1.12 bits per heavy atom. The van der Waals surface area contributed by atoms with E-state index in [4.69, 9.17) is 10.2 Å². The van der Waals surface area contributed by atoms with Crippen LogP contribution in [-0.2, 0) is 9.53 Å². The SMILES string of the molecule is CC(=O)OCC(C)C.CC(C)CO.CCO. The summed E-state index contributed by atoms with van der Waals surface area (Å²) in [7, 11) is 0. The molecule has 4 heteroatoms. The molecule has 16 heavy (non-hydrogen) atoms. The molecule has 0 heterocycles. The molecular formula is C12H28O4. The number of esters is 1. The highest BCUT2D eigenvalue weighted by Gasteiger charge is 1.94. The van der Waals surface area contributed by atoms with Gasteiger partial charge in [-0.25, -0.2) is 0 Å². The molecule has 0 unspecified atom stereocenters. The van der Waals surface area contributed by atoms with Crippen molar-refractivity contribution in [1.29, 1.82) is 0 Å². The van der Waals surface area contributed by atoms with Crippen LogP contribution >= 0.6 is 0 Å². The van der Waals surface area contributed by atoms with Gasteiger partial charge in [0.05, 0.1) is 6.61 Å². The van der Waals surface area contributed by atoms with E-state index in [-0.39, 0.29) is 12.6 Å². The van der Waals surface area contributed by atoms with E-state index in [1.807, 2.05) is 27.7 Å². The molecule has 0 rings (SSSR count). The maximum atomic E-state index is 10.1. The highest BCUT2D eigenvalue weighted by atomic mass is 16.5. The molecule has 0 saturated carbocycles. The highest BCUT2D eigenvalue weighted by Crippen LogP contribution is 1.91. The summed E-state index contributed by atoms with van der Waals surface area (Å²) in [6.45, 7) is 12.1. The van der Waals surface area contributed by atoms with Crippen LogP contribution in [0.4, 0.5) is 0 Å². The van der Waals surface area contributed by atoms with Gasteiger partial charge < -0.3 is 14.9 Å². The van der Waals surface area contributed by atoms with Crippen LogP contribution in [0.3, 0.4) is 0 Å². The molecule has 0 aromatic rings. The lowest BCUT2D eigenvalue weighted by Gasteiger charge is -2.02. The molecule has 0 radical (unpaired) electrons. The van der Waals surface area contributed by atoms with Gasteiger partial charge >= 0.3 is 5.97 Å². The van der Waals surface area contributed by atoms with E-state index in [0.29, 0.717) is 25.0 Å². The average molecular weight is 236 g/mol. The lowest BCUT2D eigenvalue weighted by Crippen LogP contribution is -2.05. The van der Waals surface area contributed by atoms with Crippen LogP contribution in [-0.4, -0.2) is 36.0 Å². The van der Waals surface area contributed by atoms with E-state index in [0.717, 1.165) is 0 Å². The third-order valence-electron chi connectivity index (χ3n) is 0.985. The molecule has 4 nitrogen and oxygen atoms in total. The first-order valence-electron chi connectivity index (χ1n) is 5.66. The van der Waals surface area contributed by atoms with E-state index in [1.165, 1.54) is 6.92 Å². The summed E-state index contributed by atoms with van der Waals surface area (Å²) >= 11 is 0. The fourth-order valence-corrected chi connectivity index (χ4v) is 0.284. The Kier molecular flexibility index (Phi) is 21.8. The summed E-state index contributed by atoms with van der Waals surface area (Å²) in [6.07, 6.45) is 0. The summed E-state index contributed by atoms with van der Waals surface area (Å²) < 4.78 is 4.66. The summed E-state index contributed by atoms with van der Waals surface area (Å²) in [4.78, 5) is 10.1. The summed E-state index contributed by atoms with van der Waals surface area (Å²) in [5.41, 5.74) is 0. The Hall–Kier alpha value is -0.610. The minimum atomic E-state index is -0.196. The van der Waals surface area contributed by atoms with Crippen molar-refractivity contribution in [2.75, 3.05) is 19.8 Å². The van der Waals surface area contributed by atoms with Crippen LogP contribution < -0.4 is 0 Å². The van der Waals surface area contributed by atoms with E-state index in [9.17, 15) is 4.79 Å². The molecule has 0 aliphatic heterocycles. The van der Waals surface area contributed by atoms with Crippen molar-refractivity contribution in [3.05, 3.63) is 0 Å². The van der Waals surface area contributed by atoms with Crippen molar-refractivity contribution < 1.29 is 19.7 Å². The summed E-state index contributed by atoms with van der Waals surface area (Å²) in [5, 5.41) is 15.7. The van der Waals surface area contributed by atoms with Crippen LogP contribution in [0.25, 0.3) is 0 Å². The van der Waals surface area contributed by atoms with Gasteiger partial charge in [0.2, 0.25) is 0 Å². The lowest BCUT2D eigenvalue weighted by molar-refractivity contribution is -0.141. The van der Waals surface area contributed by atoms with E-state index in [2.05, 4.69) is 4.74 Å². The third-order valence-corrected chi connectivity index (χ3v) is 0.985. The highest BCUT2D eigenvalue weighted by molar-refractivity contribution is 5.65. The Bertz CT molecular complexity index is 133. The summed E-state index contributed by atoms with van der Waals surface area (Å²) in [6, 6.07) is 0. The van der Waals surface area contributed by atoms with E-state index < -0.39 is 0 Å². The Morgan fingerprint density at radius 2 is 1.44 bits per heavy atom. The molecule has 0 bridgehead atoms. The van der Waals surface area contributed by atoms with Crippen LogP contribution in [0.2, 0.25) is 0 Å². The number of aliphatic hydroxyl groups excluding tert-OH is 2.